The molecule has 0 amide bonds. The zero-order chi connectivity index (χ0) is 13.2. The molecule has 0 saturated heterocycles. The van der Waals surface area contributed by atoms with Gasteiger partial charge < -0.3 is 10.5 Å². The number of rotatable bonds is 4. The van der Waals surface area contributed by atoms with Crippen LogP contribution in [0.4, 0.5) is 0 Å². The van der Waals surface area contributed by atoms with Crippen LogP contribution in [0.25, 0.3) is 0 Å². The average Bonchev–Trinajstić information content (AvgIpc) is 1.98. The Balaban J connectivity index is 5.16. The van der Waals surface area contributed by atoms with Crippen molar-refractivity contribution in [3.63, 3.8) is 0 Å². The van der Waals surface area contributed by atoms with Crippen molar-refractivity contribution in [2.24, 2.45) is 5.73 Å². The lowest BCUT2D eigenvalue weighted by Gasteiger charge is -2.29. The lowest BCUT2D eigenvalue weighted by atomic mass is 10.1. The summed E-state index contributed by atoms with van der Waals surface area (Å²) in [6.07, 6.45) is 1.08. The Labute approximate surface area is 97.3 Å². The third-order valence-electron chi connectivity index (χ3n) is 2.27. The van der Waals surface area contributed by atoms with Crippen LogP contribution in [0.3, 0.4) is 0 Å². The minimum atomic E-state index is -3.55. The van der Waals surface area contributed by atoms with Crippen LogP contribution in [0.1, 0.15) is 34.1 Å². The minimum absolute atomic E-state index is 0.0563. The second-order valence-corrected chi connectivity index (χ2v) is 7.49. The van der Waals surface area contributed by atoms with Crippen LogP contribution in [0.2, 0.25) is 0 Å². The van der Waals surface area contributed by atoms with Crippen molar-refractivity contribution in [2.45, 2.75) is 44.5 Å². The predicted octanol–water partition coefficient (Wildman–Crippen LogP) is 0.480. The van der Waals surface area contributed by atoms with Gasteiger partial charge in [0.1, 0.15) is 5.60 Å². The first kappa shape index (κ1) is 15.4. The Morgan fingerprint density at radius 1 is 1.25 bits per heavy atom. The summed E-state index contributed by atoms with van der Waals surface area (Å²) < 4.78 is 26.8. The molecule has 0 aromatic rings. The van der Waals surface area contributed by atoms with Crippen molar-refractivity contribution in [1.29, 1.82) is 0 Å². The van der Waals surface area contributed by atoms with Crippen molar-refractivity contribution in [3.05, 3.63) is 0 Å². The lowest BCUT2D eigenvalue weighted by Crippen LogP contribution is -2.48. The van der Waals surface area contributed by atoms with Gasteiger partial charge in [0, 0.05) is 6.26 Å². The quantitative estimate of drug-likeness (QED) is 0.734. The molecule has 0 aliphatic carbocycles. The molecule has 0 saturated carbocycles. The van der Waals surface area contributed by atoms with E-state index in [1.165, 1.54) is 6.92 Å². The van der Waals surface area contributed by atoms with Crippen LogP contribution >= 0.6 is 0 Å². The van der Waals surface area contributed by atoms with E-state index in [0.717, 1.165) is 6.26 Å². The van der Waals surface area contributed by atoms with Crippen LogP contribution in [0.5, 0.6) is 0 Å². The maximum absolute atomic E-state index is 11.9. The van der Waals surface area contributed by atoms with E-state index in [9.17, 15) is 13.2 Å². The summed E-state index contributed by atoms with van der Waals surface area (Å²) in [4.78, 5) is 11.9. The Kier molecular flexibility index (Phi) is 4.53. The smallest absolute Gasteiger partial charge is 0.327 e. The van der Waals surface area contributed by atoms with Gasteiger partial charge in [0.25, 0.3) is 0 Å². The molecule has 0 aromatic carbocycles. The Morgan fingerprint density at radius 2 is 1.69 bits per heavy atom. The van der Waals surface area contributed by atoms with Crippen LogP contribution in [0, 0.1) is 0 Å². The molecule has 0 radical (unpaired) electrons. The SMILES string of the molecule is CC(C)(C)OC(=O)[C@@](C)(CCN)S(C)(=O)=O. The van der Waals surface area contributed by atoms with Gasteiger partial charge in [-0.25, -0.2) is 8.42 Å². The van der Waals surface area contributed by atoms with Gasteiger partial charge in [-0.3, -0.25) is 4.79 Å². The molecule has 0 bridgehead atoms. The molecular formula is C10H21NO4S. The molecule has 0 aromatic heterocycles. The standard InChI is InChI=1S/C10H21NO4S/c1-9(2,3)15-8(12)10(4,6-7-11)16(5,13)14/h6-7,11H2,1-5H3/t10-/m1/s1. The van der Waals surface area contributed by atoms with Crippen LogP contribution in [-0.2, 0) is 19.4 Å². The molecular weight excluding hydrogens is 230 g/mol. The zero-order valence-corrected chi connectivity index (χ0v) is 11.3. The largest absolute Gasteiger partial charge is 0.459 e. The van der Waals surface area contributed by atoms with Gasteiger partial charge in [-0.15, -0.1) is 0 Å². The van der Waals surface area contributed by atoms with Gasteiger partial charge in [0.15, 0.2) is 14.6 Å². The molecule has 96 valence electrons. The molecule has 1 atom stereocenters. The van der Waals surface area contributed by atoms with E-state index in [0.29, 0.717) is 0 Å². The van der Waals surface area contributed by atoms with Crippen molar-refractivity contribution in [2.75, 3.05) is 12.8 Å². The minimum Gasteiger partial charge on any atom is -0.459 e. The summed E-state index contributed by atoms with van der Waals surface area (Å²) in [7, 11) is -3.55. The summed E-state index contributed by atoms with van der Waals surface area (Å²) in [6, 6.07) is 0. The number of hydrogen-bond donors (Lipinski definition) is 1. The van der Waals surface area contributed by atoms with Gasteiger partial charge >= 0.3 is 5.97 Å². The first-order valence-corrected chi connectivity index (χ1v) is 6.96. The summed E-state index contributed by atoms with van der Waals surface area (Å²) in [5, 5.41) is 0. The van der Waals surface area contributed by atoms with E-state index >= 15 is 0 Å². The molecule has 0 unspecified atom stereocenters. The number of carbonyl (C=O) groups excluding carboxylic acids is 1. The number of esters is 1. The second-order valence-electron chi connectivity index (χ2n) is 5.04. The van der Waals surface area contributed by atoms with Crippen molar-refractivity contribution < 1.29 is 17.9 Å². The third kappa shape index (κ3) is 3.75. The van der Waals surface area contributed by atoms with Gasteiger partial charge in [-0.05, 0) is 40.7 Å². The second kappa shape index (κ2) is 4.71. The first-order chi connectivity index (χ1) is 6.94. The fourth-order valence-electron chi connectivity index (χ4n) is 1.10. The number of sulfone groups is 1. The molecule has 0 rings (SSSR count). The Hall–Kier alpha value is -0.620. The van der Waals surface area contributed by atoms with Gasteiger partial charge in [-0.2, -0.15) is 0 Å². The third-order valence-corrected chi connectivity index (χ3v) is 4.28. The van der Waals surface area contributed by atoms with Crippen LogP contribution in [0.15, 0.2) is 0 Å². The van der Waals surface area contributed by atoms with E-state index < -0.39 is 26.2 Å². The highest BCUT2D eigenvalue weighted by Gasteiger charge is 2.45. The molecule has 0 aliphatic rings. The van der Waals surface area contributed by atoms with Crippen LogP contribution < -0.4 is 5.73 Å². The fourth-order valence-corrected chi connectivity index (χ4v) is 1.93. The van der Waals surface area contributed by atoms with Gasteiger partial charge in [0.2, 0.25) is 0 Å². The highest BCUT2D eigenvalue weighted by Crippen LogP contribution is 2.24. The maximum atomic E-state index is 11.9. The monoisotopic (exact) mass is 251 g/mol. The van der Waals surface area contributed by atoms with E-state index in [1.54, 1.807) is 20.8 Å². The highest BCUT2D eigenvalue weighted by molar-refractivity contribution is 7.92. The summed E-state index contributed by atoms with van der Waals surface area (Å²) in [5.74, 6) is -0.743. The summed E-state index contributed by atoms with van der Waals surface area (Å²) >= 11 is 0. The van der Waals surface area contributed by atoms with Crippen molar-refractivity contribution in [3.8, 4) is 0 Å². The number of ether oxygens (including phenoxy) is 1. The van der Waals surface area contributed by atoms with Gasteiger partial charge in [0.05, 0.1) is 0 Å². The molecule has 0 spiro atoms. The van der Waals surface area contributed by atoms with E-state index in [1.807, 2.05) is 0 Å². The zero-order valence-electron chi connectivity index (χ0n) is 10.5. The van der Waals surface area contributed by atoms with Gasteiger partial charge in [-0.1, -0.05) is 0 Å². The predicted molar refractivity (Wildman–Crippen MR) is 62.8 cm³/mol. The van der Waals surface area contributed by atoms with E-state index in [4.69, 9.17) is 10.5 Å². The molecule has 2 N–H and O–H groups in total. The molecule has 16 heavy (non-hydrogen) atoms. The number of hydrogen-bond acceptors (Lipinski definition) is 5. The maximum Gasteiger partial charge on any atom is 0.327 e. The topological polar surface area (TPSA) is 86.5 Å². The summed E-state index contributed by atoms with van der Waals surface area (Å²) in [6.45, 7) is 6.54. The molecule has 0 fully saturated rings. The fraction of sp³-hybridized carbons (Fsp3) is 0.900. The van der Waals surface area contributed by atoms with E-state index in [2.05, 4.69) is 0 Å². The Morgan fingerprint density at radius 3 is 1.94 bits per heavy atom. The molecule has 0 aliphatic heterocycles. The average molecular weight is 251 g/mol. The number of carbonyl (C=O) groups is 1. The highest BCUT2D eigenvalue weighted by atomic mass is 32.2. The molecule has 5 nitrogen and oxygen atoms in total. The normalized spacial score (nSPS) is 16.6. The number of nitrogens with two attached hydrogens (primary N) is 1. The summed E-state index contributed by atoms with van der Waals surface area (Å²) in [5.41, 5.74) is 4.63. The van der Waals surface area contributed by atoms with Crippen LogP contribution in [-0.4, -0.2) is 37.5 Å². The van der Waals surface area contributed by atoms with Crippen molar-refractivity contribution >= 4 is 15.8 Å². The van der Waals surface area contributed by atoms with E-state index in [-0.39, 0.29) is 13.0 Å². The van der Waals surface area contributed by atoms with Crippen molar-refractivity contribution in [1.82, 2.24) is 0 Å². The molecule has 0 heterocycles. The lowest BCUT2D eigenvalue weighted by molar-refractivity contribution is -0.157. The molecule has 6 heteroatoms. The first-order valence-electron chi connectivity index (χ1n) is 5.07. The Bertz CT molecular complexity index is 356.